The molecule has 0 saturated carbocycles. The number of pyridine rings is 1. The Morgan fingerprint density at radius 3 is 2.82 bits per heavy atom. The van der Waals surface area contributed by atoms with Crippen LogP contribution in [0.2, 0.25) is 5.15 Å². The molecule has 8 heteroatoms. The number of H-pyrrole nitrogens is 1. The highest BCUT2D eigenvalue weighted by atomic mass is 35.5. The molecule has 2 aromatic heterocycles. The molecule has 5 nitrogen and oxygen atoms in total. The molecular formula is C25H25ClFN5S. The first-order valence-corrected chi connectivity index (χ1v) is 11.7. The Kier molecular flexibility index (Phi) is 6.63. The van der Waals surface area contributed by atoms with Gasteiger partial charge in [-0.1, -0.05) is 36.0 Å². The zero-order valence-electron chi connectivity index (χ0n) is 18.7. The molecule has 0 amide bonds. The number of benzene rings is 1. The zero-order valence-corrected chi connectivity index (χ0v) is 20.3. The summed E-state index contributed by atoms with van der Waals surface area (Å²) in [5.74, 6) is 0.276. The number of hydrogen-bond donors (Lipinski definition) is 3. The molecular weight excluding hydrogens is 457 g/mol. The molecule has 4 N–H and O–H groups in total. The van der Waals surface area contributed by atoms with Crippen LogP contribution in [0.15, 0.2) is 58.8 Å². The van der Waals surface area contributed by atoms with Gasteiger partial charge in [-0.25, -0.2) is 9.37 Å². The first kappa shape index (κ1) is 23.1. The fourth-order valence-corrected chi connectivity index (χ4v) is 5.39. The second kappa shape index (κ2) is 9.45. The second-order valence-corrected chi connectivity index (χ2v) is 9.27. The number of allylic oxidation sites excluding steroid dienone is 2. The lowest BCUT2D eigenvalue weighted by Gasteiger charge is -2.11. The van der Waals surface area contributed by atoms with Crippen LogP contribution in [0.25, 0.3) is 15.8 Å². The van der Waals surface area contributed by atoms with Crippen molar-refractivity contribution in [3.8, 4) is 0 Å². The maximum Gasteiger partial charge on any atom is 0.147 e. The summed E-state index contributed by atoms with van der Waals surface area (Å²) in [5, 5.41) is 4.69. The Morgan fingerprint density at radius 1 is 1.30 bits per heavy atom. The average Bonchev–Trinajstić information content (AvgIpc) is 3.33. The number of aromatic amines is 1. The Hall–Kier alpha value is -3.03. The van der Waals surface area contributed by atoms with Crippen molar-refractivity contribution < 1.29 is 4.39 Å². The maximum absolute atomic E-state index is 14.2. The minimum absolute atomic E-state index is 0.241. The molecule has 1 aliphatic heterocycles. The van der Waals surface area contributed by atoms with Gasteiger partial charge in [-0.3, -0.25) is 4.99 Å². The van der Waals surface area contributed by atoms with Crippen molar-refractivity contribution in [3.63, 3.8) is 0 Å². The van der Waals surface area contributed by atoms with Gasteiger partial charge < -0.3 is 16.0 Å². The number of nitrogens with one attached hydrogen (secondary N) is 2. The van der Waals surface area contributed by atoms with E-state index < -0.39 is 0 Å². The smallest absolute Gasteiger partial charge is 0.147 e. The van der Waals surface area contributed by atoms with E-state index in [2.05, 4.69) is 26.9 Å². The van der Waals surface area contributed by atoms with E-state index in [-0.39, 0.29) is 5.82 Å². The molecule has 170 valence electrons. The second-order valence-electron chi connectivity index (χ2n) is 7.86. The fraction of sp³-hybridized carbons (Fsp3) is 0.200. The molecule has 33 heavy (non-hydrogen) atoms. The van der Waals surface area contributed by atoms with Crippen molar-refractivity contribution >= 4 is 44.9 Å². The molecule has 0 radical (unpaired) electrons. The van der Waals surface area contributed by atoms with Gasteiger partial charge in [-0.05, 0) is 62.6 Å². The van der Waals surface area contributed by atoms with E-state index in [4.69, 9.17) is 17.3 Å². The van der Waals surface area contributed by atoms with Gasteiger partial charge in [0, 0.05) is 40.0 Å². The summed E-state index contributed by atoms with van der Waals surface area (Å²) in [5.41, 5.74) is 12.5. The molecule has 0 saturated heterocycles. The first-order chi connectivity index (χ1) is 15.8. The number of aliphatic imine (C=N–C) groups is 1. The zero-order chi connectivity index (χ0) is 23.7. The predicted molar refractivity (Wildman–Crippen MR) is 138 cm³/mol. The van der Waals surface area contributed by atoms with E-state index in [1.54, 1.807) is 0 Å². The summed E-state index contributed by atoms with van der Waals surface area (Å²) in [4.78, 5) is 13.6. The van der Waals surface area contributed by atoms with Crippen LogP contribution >= 0.6 is 23.4 Å². The maximum atomic E-state index is 14.2. The lowest BCUT2D eigenvalue weighted by molar-refractivity contribution is 0.637. The van der Waals surface area contributed by atoms with E-state index in [1.165, 1.54) is 24.0 Å². The standard InChI is InChI=1S/C25H25ClFN5S/c1-5-29-19-12-20(17-8-7-14(3)31-24(17)26)33-23(19)25(28)30-11-10-16-15(4)32-22-18(27)9-6-13(2)21(16)22/h5-9,12,30,32H,1,10-11,28H2,2-4H3/b25-23-,29-19-. The summed E-state index contributed by atoms with van der Waals surface area (Å²) in [6.07, 6.45) is 4.12. The third kappa shape index (κ3) is 4.56. The molecule has 0 unspecified atom stereocenters. The SMILES string of the molecule is C=C/N=C1/C=C(c2ccc(C)nc2Cl)S/C1=C(/N)NCCc1c(C)[nH]c2c(F)ccc(C)c12. The van der Waals surface area contributed by atoms with Crippen LogP contribution in [-0.4, -0.2) is 22.2 Å². The summed E-state index contributed by atoms with van der Waals surface area (Å²) in [6, 6.07) is 7.17. The van der Waals surface area contributed by atoms with E-state index in [0.717, 1.165) is 43.3 Å². The largest absolute Gasteiger partial charge is 0.385 e. The Morgan fingerprint density at radius 2 is 2.09 bits per heavy atom. The van der Waals surface area contributed by atoms with Crippen LogP contribution in [0.3, 0.4) is 0 Å². The van der Waals surface area contributed by atoms with Gasteiger partial charge in [0.15, 0.2) is 0 Å². The molecule has 4 rings (SSSR count). The number of aromatic nitrogens is 2. The molecule has 0 fully saturated rings. The highest BCUT2D eigenvalue weighted by molar-refractivity contribution is 8.13. The molecule has 1 aliphatic rings. The topological polar surface area (TPSA) is 79.1 Å². The van der Waals surface area contributed by atoms with E-state index in [0.29, 0.717) is 35.2 Å². The van der Waals surface area contributed by atoms with Gasteiger partial charge in [0.25, 0.3) is 0 Å². The van der Waals surface area contributed by atoms with Gasteiger partial charge in [0.1, 0.15) is 16.8 Å². The van der Waals surface area contributed by atoms with Crippen molar-refractivity contribution in [2.75, 3.05) is 6.54 Å². The molecule has 0 aliphatic carbocycles. The van der Waals surface area contributed by atoms with Crippen LogP contribution in [0.5, 0.6) is 0 Å². The van der Waals surface area contributed by atoms with Crippen LogP contribution < -0.4 is 11.1 Å². The van der Waals surface area contributed by atoms with Gasteiger partial charge in [-0.2, -0.15) is 0 Å². The number of aryl methyl sites for hydroxylation is 3. The van der Waals surface area contributed by atoms with E-state index in [1.807, 2.05) is 45.0 Å². The fourth-order valence-electron chi connectivity index (χ4n) is 3.97. The van der Waals surface area contributed by atoms with Crippen molar-refractivity contribution in [3.05, 3.63) is 92.9 Å². The summed E-state index contributed by atoms with van der Waals surface area (Å²) in [6.45, 7) is 10.2. The Labute approximate surface area is 201 Å². The van der Waals surface area contributed by atoms with Gasteiger partial charge in [-0.15, -0.1) is 0 Å². The lowest BCUT2D eigenvalue weighted by Crippen LogP contribution is -2.25. The summed E-state index contributed by atoms with van der Waals surface area (Å²) >= 11 is 7.86. The number of hydrogen-bond acceptors (Lipinski definition) is 5. The Bertz CT molecular complexity index is 1350. The highest BCUT2D eigenvalue weighted by Gasteiger charge is 2.24. The molecule has 0 atom stereocenters. The van der Waals surface area contributed by atoms with Crippen LogP contribution in [0.4, 0.5) is 4.39 Å². The third-order valence-electron chi connectivity index (χ3n) is 5.56. The minimum Gasteiger partial charge on any atom is -0.385 e. The highest BCUT2D eigenvalue weighted by Crippen LogP contribution is 2.43. The van der Waals surface area contributed by atoms with Crippen molar-refractivity contribution in [2.45, 2.75) is 27.2 Å². The molecule has 0 spiro atoms. The van der Waals surface area contributed by atoms with Gasteiger partial charge in [0.05, 0.1) is 16.1 Å². The van der Waals surface area contributed by atoms with E-state index in [9.17, 15) is 4.39 Å². The monoisotopic (exact) mass is 481 g/mol. The number of halogens is 2. The lowest BCUT2D eigenvalue weighted by atomic mass is 10.0. The molecule has 3 aromatic rings. The molecule has 3 heterocycles. The van der Waals surface area contributed by atoms with Crippen LogP contribution in [-0.2, 0) is 6.42 Å². The number of thioether (sulfide) groups is 1. The number of fused-ring (bicyclic) bond motifs is 1. The number of rotatable bonds is 6. The van der Waals surface area contributed by atoms with Crippen LogP contribution in [0, 0.1) is 26.6 Å². The van der Waals surface area contributed by atoms with E-state index >= 15 is 0 Å². The van der Waals surface area contributed by atoms with Crippen molar-refractivity contribution in [1.29, 1.82) is 0 Å². The normalized spacial score (nSPS) is 16.4. The first-order valence-electron chi connectivity index (χ1n) is 10.5. The Balaban J connectivity index is 1.55. The van der Waals surface area contributed by atoms with Gasteiger partial charge >= 0.3 is 0 Å². The van der Waals surface area contributed by atoms with Crippen molar-refractivity contribution in [2.24, 2.45) is 10.7 Å². The summed E-state index contributed by atoms with van der Waals surface area (Å²) < 4.78 is 14.2. The summed E-state index contributed by atoms with van der Waals surface area (Å²) in [7, 11) is 0. The third-order valence-corrected chi connectivity index (χ3v) is 7.04. The quantitative estimate of drug-likeness (QED) is 0.382. The van der Waals surface area contributed by atoms with Crippen molar-refractivity contribution in [1.82, 2.24) is 15.3 Å². The van der Waals surface area contributed by atoms with Crippen LogP contribution in [0.1, 0.15) is 28.1 Å². The number of nitrogens with two attached hydrogens (primary N) is 1. The van der Waals surface area contributed by atoms with Gasteiger partial charge in [0.2, 0.25) is 0 Å². The molecule has 1 aromatic carbocycles. The minimum atomic E-state index is -0.241. The predicted octanol–water partition coefficient (Wildman–Crippen LogP) is 5.91. The number of nitrogens with zero attached hydrogens (tertiary/aromatic N) is 2. The average molecular weight is 482 g/mol. The molecule has 0 bridgehead atoms.